The van der Waals surface area contributed by atoms with Gasteiger partial charge in [0.05, 0.1) is 19.7 Å². The van der Waals surface area contributed by atoms with Crippen LogP contribution >= 0.6 is 0 Å². The van der Waals surface area contributed by atoms with E-state index in [4.69, 9.17) is 14.2 Å². The summed E-state index contributed by atoms with van der Waals surface area (Å²) < 4.78 is 16.8. The molecule has 0 unspecified atom stereocenters. The number of methoxy groups -OCH3 is 2. The Morgan fingerprint density at radius 2 is 1.69 bits per heavy atom. The highest BCUT2D eigenvalue weighted by atomic mass is 16.5. The number of carbonyl (C=O) groups excluding carboxylic acids is 2. The molecule has 0 atom stereocenters. The lowest BCUT2D eigenvalue weighted by Crippen LogP contribution is -2.45. The largest absolute Gasteiger partial charge is 0.493 e. The Morgan fingerprint density at radius 1 is 0.943 bits per heavy atom. The number of fused-ring (bicyclic) bond motifs is 1. The summed E-state index contributed by atoms with van der Waals surface area (Å²) in [5.41, 5.74) is 4.46. The number of urea groups is 1. The monoisotopic (exact) mass is 473 g/mol. The minimum Gasteiger partial charge on any atom is -0.493 e. The molecule has 3 amide bonds. The number of aromatic nitrogens is 2. The van der Waals surface area contributed by atoms with Crippen LogP contribution in [0.3, 0.4) is 0 Å². The Morgan fingerprint density at radius 3 is 2.34 bits per heavy atom. The summed E-state index contributed by atoms with van der Waals surface area (Å²) in [6.45, 7) is 1.88. The Bertz CT molecular complexity index is 1340. The van der Waals surface area contributed by atoms with Crippen LogP contribution in [0.4, 0.5) is 16.3 Å². The molecule has 178 valence electrons. The maximum absolute atomic E-state index is 12.7. The van der Waals surface area contributed by atoms with Gasteiger partial charge in [-0.15, -0.1) is 0 Å². The number of benzene rings is 2. The number of hydrazine groups is 1. The van der Waals surface area contributed by atoms with Gasteiger partial charge in [0.15, 0.2) is 17.3 Å². The Labute approximate surface area is 201 Å². The van der Waals surface area contributed by atoms with Gasteiger partial charge in [0.1, 0.15) is 11.5 Å². The van der Waals surface area contributed by atoms with Gasteiger partial charge in [0, 0.05) is 29.5 Å². The fourth-order valence-corrected chi connectivity index (χ4v) is 3.32. The van der Waals surface area contributed by atoms with Crippen molar-refractivity contribution in [1.82, 2.24) is 15.4 Å². The van der Waals surface area contributed by atoms with Crippen LogP contribution in [0, 0.1) is 6.92 Å². The van der Waals surface area contributed by atoms with Crippen molar-refractivity contribution in [2.75, 3.05) is 24.5 Å². The second-order valence-electron chi connectivity index (χ2n) is 7.37. The van der Waals surface area contributed by atoms with Crippen molar-refractivity contribution in [2.24, 2.45) is 0 Å². The first-order valence-corrected chi connectivity index (χ1v) is 10.5. The summed E-state index contributed by atoms with van der Waals surface area (Å²) in [5, 5.41) is 4.49. The van der Waals surface area contributed by atoms with Crippen LogP contribution in [0.15, 0.2) is 67.0 Å². The number of hydrogen-bond acceptors (Lipinski definition) is 7. The minimum atomic E-state index is -0.580. The maximum Gasteiger partial charge on any atom is 0.346 e. The predicted molar refractivity (Wildman–Crippen MR) is 131 cm³/mol. The molecular formula is C25H23N5O5. The number of nitrogens with zero attached hydrogens (tertiary/aromatic N) is 3. The first-order chi connectivity index (χ1) is 17.0. The number of hydrogen-bond donors (Lipinski definition) is 2. The van der Waals surface area contributed by atoms with Crippen LogP contribution in [0.2, 0.25) is 0 Å². The van der Waals surface area contributed by atoms with Crippen LogP contribution in [0.5, 0.6) is 23.0 Å². The Balaban J connectivity index is 1.51. The van der Waals surface area contributed by atoms with Crippen LogP contribution in [0.1, 0.15) is 5.56 Å². The zero-order valence-corrected chi connectivity index (χ0v) is 19.3. The summed E-state index contributed by atoms with van der Waals surface area (Å²) in [6.07, 6.45) is 3.65. The third kappa shape index (κ3) is 5.22. The molecule has 2 N–H and O–H groups in total. The molecule has 2 heterocycles. The lowest BCUT2D eigenvalue weighted by atomic mass is 10.2. The second kappa shape index (κ2) is 10.4. The maximum atomic E-state index is 12.7. The van der Waals surface area contributed by atoms with Crippen LogP contribution in [-0.2, 0) is 4.79 Å². The van der Waals surface area contributed by atoms with E-state index in [1.165, 1.54) is 0 Å². The minimum absolute atomic E-state index is 0.275. The number of aryl methyl sites for hydroxylation is 1. The molecule has 0 fully saturated rings. The Kier molecular flexibility index (Phi) is 6.91. The number of carbonyl (C=O) groups is 2. The summed E-state index contributed by atoms with van der Waals surface area (Å²) in [6, 6.07) is 15.0. The molecule has 10 nitrogen and oxygen atoms in total. The fraction of sp³-hybridized carbons (Fsp3) is 0.120. The van der Waals surface area contributed by atoms with Gasteiger partial charge in [-0.1, -0.05) is 6.07 Å². The molecule has 0 saturated carbocycles. The molecule has 0 saturated heterocycles. The summed E-state index contributed by atoms with van der Waals surface area (Å²) >= 11 is 0. The smallest absolute Gasteiger partial charge is 0.346 e. The quantitative estimate of drug-likeness (QED) is 0.287. The van der Waals surface area contributed by atoms with Gasteiger partial charge in [-0.3, -0.25) is 15.2 Å². The van der Waals surface area contributed by atoms with E-state index in [1.807, 2.05) is 6.92 Å². The molecule has 0 aliphatic carbocycles. The molecule has 0 radical (unpaired) electrons. The molecule has 2 aromatic heterocycles. The van der Waals surface area contributed by atoms with Crippen molar-refractivity contribution < 1.29 is 23.8 Å². The summed E-state index contributed by atoms with van der Waals surface area (Å²) in [7, 11) is 3.13. The highest BCUT2D eigenvalue weighted by Crippen LogP contribution is 2.37. The zero-order chi connectivity index (χ0) is 24.8. The van der Waals surface area contributed by atoms with Crippen molar-refractivity contribution in [3.8, 4) is 23.0 Å². The van der Waals surface area contributed by atoms with Gasteiger partial charge in [-0.05, 0) is 55.0 Å². The van der Waals surface area contributed by atoms with Crippen molar-refractivity contribution >= 4 is 34.8 Å². The molecule has 4 aromatic rings. The van der Waals surface area contributed by atoms with E-state index < -0.39 is 6.03 Å². The van der Waals surface area contributed by atoms with E-state index in [0.29, 0.717) is 40.6 Å². The van der Waals surface area contributed by atoms with Gasteiger partial charge in [0.25, 0.3) is 0 Å². The van der Waals surface area contributed by atoms with E-state index in [1.54, 1.807) is 81.2 Å². The van der Waals surface area contributed by atoms with E-state index in [9.17, 15) is 9.59 Å². The average Bonchev–Trinajstić information content (AvgIpc) is 2.88. The summed E-state index contributed by atoms with van der Waals surface area (Å²) in [4.78, 5) is 32.3. The lowest BCUT2D eigenvalue weighted by Gasteiger charge is -2.20. The van der Waals surface area contributed by atoms with Crippen molar-refractivity contribution in [3.63, 3.8) is 0 Å². The second-order valence-corrected chi connectivity index (χ2v) is 7.37. The van der Waals surface area contributed by atoms with E-state index in [0.717, 1.165) is 16.0 Å². The molecule has 2 aromatic carbocycles. The van der Waals surface area contributed by atoms with Gasteiger partial charge in [-0.2, -0.15) is 5.01 Å². The normalized spacial score (nSPS) is 10.4. The van der Waals surface area contributed by atoms with E-state index in [2.05, 4.69) is 20.7 Å². The van der Waals surface area contributed by atoms with Gasteiger partial charge < -0.3 is 19.5 Å². The van der Waals surface area contributed by atoms with Gasteiger partial charge >= 0.3 is 6.03 Å². The topological polar surface area (TPSA) is 115 Å². The standard InChI is InChI=1S/C25H23N5O5/c1-16-4-9-24(27-14-16)30(28-15-31)25(32)29-17-5-7-18(8-6-17)35-21-10-11-26-20-13-23(34-3)22(33-2)12-19(20)21/h4-15H,1-3H3,(H,28,31)(H,29,32). The first kappa shape index (κ1) is 23.3. The van der Waals surface area contributed by atoms with Gasteiger partial charge in [-0.25, -0.2) is 9.78 Å². The molecule has 4 rings (SSSR count). The van der Waals surface area contributed by atoms with Crippen LogP contribution < -0.4 is 30.0 Å². The Hall–Kier alpha value is -4.86. The molecular weight excluding hydrogens is 450 g/mol. The van der Waals surface area contributed by atoms with Crippen molar-refractivity contribution in [2.45, 2.75) is 6.92 Å². The lowest BCUT2D eigenvalue weighted by molar-refractivity contribution is -0.109. The van der Waals surface area contributed by atoms with Gasteiger partial charge in [0.2, 0.25) is 6.41 Å². The number of nitrogens with one attached hydrogen (secondary N) is 2. The molecule has 0 spiro atoms. The highest BCUT2D eigenvalue weighted by Gasteiger charge is 2.17. The third-order valence-corrected chi connectivity index (χ3v) is 5.05. The molecule has 0 aliphatic heterocycles. The number of rotatable bonds is 8. The van der Waals surface area contributed by atoms with Crippen molar-refractivity contribution in [3.05, 3.63) is 72.6 Å². The molecule has 0 aliphatic rings. The van der Waals surface area contributed by atoms with E-state index in [-0.39, 0.29) is 5.82 Å². The van der Waals surface area contributed by atoms with Crippen LogP contribution in [0.25, 0.3) is 10.9 Å². The predicted octanol–water partition coefficient (Wildman–Crippen LogP) is 4.45. The fourth-order valence-electron chi connectivity index (χ4n) is 3.32. The highest BCUT2D eigenvalue weighted by molar-refractivity contribution is 6.01. The number of anilines is 2. The van der Waals surface area contributed by atoms with E-state index >= 15 is 0 Å². The SMILES string of the molecule is COc1cc2nccc(Oc3ccc(NC(=O)N(NC=O)c4ccc(C)cn4)cc3)c2cc1OC. The van der Waals surface area contributed by atoms with Crippen molar-refractivity contribution in [1.29, 1.82) is 0 Å². The molecule has 10 heteroatoms. The first-order valence-electron chi connectivity index (χ1n) is 10.5. The number of ether oxygens (including phenoxy) is 3. The average molecular weight is 473 g/mol. The number of pyridine rings is 2. The number of amides is 3. The molecule has 35 heavy (non-hydrogen) atoms. The zero-order valence-electron chi connectivity index (χ0n) is 19.3. The third-order valence-electron chi connectivity index (χ3n) is 5.05. The molecule has 0 bridgehead atoms. The van der Waals surface area contributed by atoms with Crippen LogP contribution in [-0.4, -0.2) is 36.6 Å². The summed E-state index contributed by atoms with van der Waals surface area (Å²) in [5.74, 6) is 2.54.